The predicted molar refractivity (Wildman–Crippen MR) is 112 cm³/mol. The van der Waals surface area contributed by atoms with Gasteiger partial charge in [-0.2, -0.15) is 0 Å². The average Bonchev–Trinajstić information content (AvgIpc) is 2.68. The fourth-order valence-corrected chi connectivity index (χ4v) is 3.94. The van der Waals surface area contributed by atoms with Crippen LogP contribution < -0.4 is 19.5 Å². The van der Waals surface area contributed by atoms with Gasteiger partial charge >= 0.3 is 0 Å². The van der Waals surface area contributed by atoms with Crippen LogP contribution in [0.4, 0.5) is 5.69 Å². The number of likely N-dealkylation sites (N-methyl/N-ethyl adjacent to an activating group) is 1. The second kappa shape index (κ2) is 9.73. The van der Waals surface area contributed by atoms with Crippen LogP contribution in [0.2, 0.25) is 0 Å². The Morgan fingerprint density at radius 2 is 1.86 bits per heavy atom. The first-order valence-corrected chi connectivity index (χ1v) is 10.4. The second-order valence-electron chi connectivity index (χ2n) is 6.56. The fraction of sp³-hybridized carbons (Fsp3) is 0.350. The summed E-state index contributed by atoms with van der Waals surface area (Å²) in [4.78, 5) is 14.4. The summed E-state index contributed by atoms with van der Waals surface area (Å²) in [6, 6.07) is 10.4. The van der Waals surface area contributed by atoms with E-state index in [-0.39, 0.29) is 17.3 Å². The predicted octanol–water partition coefficient (Wildman–Crippen LogP) is 1.99. The Morgan fingerprint density at radius 1 is 1.14 bits per heavy atom. The molecule has 2 aromatic rings. The van der Waals surface area contributed by atoms with Gasteiger partial charge in [-0.1, -0.05) is 18.2 Å². The van der Waals surface area contributed by atoms with Gasteiger partial charge in [0.25, 0.3) is 0 Å². The van der Waals surface area contributed by atoms with Crippen LogP contribution in [-0.4, -0.2) is 54.1 Å². The van der Waals surface area contributed by atoms with Crippen molar-refractivity contribution in [3.05, 3.63) is 47.5 Å². The van der Waals surface area contributed by atoms with E-state index in [1.54, 1.807) is 33.3 Å². The standard InChI is InChI=1S/C20H27N3O5S/c1-14-9-10-16(11-18(14)29(25,26)21-2)22-19(24)13-23(3)12-15-7-6-8-17(27-4)20(15)28-5/h6-11,21H,12-13H2,1-5H3,(H,22,24). The molecule has 0 bridgehead atoms. The molecule has 0 saturated carbocycles. The maximum Gasteiger partial charge on any atom is 0.240 e. The van der Waals surface area contributed by atoms with Crippen LogP contribution in [-0.2, 0) is 21.4 Å². The molecule has 1 amide bonds. The summed E-state index contributed by atoms with van der Waals surface area (Å²) in [6.45, 7) is 2.29. The van der Waals surface area contributed by atoms with Gasteiger partial charge in [0, 0.05) is 17.8 Å². The highest BCUT2D eigenvalue weighted by atomic mass is 32.2. The summed E-state index contributed by atoms with van der Waals surface area (Å²) in [6.07, 6.45) is 0. The Kier molecular flexibility index (Phi) is 7.60. The Hall–Kier alpha value is -2.62. The normalized spacial score (nSPS) is 11.4. The molecule has 8 nitrogen and oxygen atoms in total. The van der Waals surface area contributed by atoms with E-state index < -0.39 is 10.0 Å². The second-order valence-corrected chi connectivity index (χ2v) is 8.42. The van der Waals surface area contributed by atoms with Crippen molar-refractivity contribution in [2.24, 2.45) is 0 Å². The van der Waals surface area contributed by atoms with Crippen LogP contribution >= 0.6 is 0 Å². The topological polar surface area (TPSA) is 97.0 Å². The highest BCUT2D eigenvalue weighted by Crippen LogP contribution is 2.31. The van der Waals surface area contributed by atoms with E-state index in [0.29, 0.717) is 29.3 Å². The van der Waals surface area contributed by atoms with E-state index in [1.807, 2.05) is 30.1 Å². The number of benzene rings is 2. The van der Waals surface area contributed by atoms with Crippen LogP contribution in [0.25, 0.3) is 0 Å². The first-order chi connectivity index (χ1) is 13.7. The molecule has 2 rings (SSSR count). The van der Waals surface area contributed by atoms with Crippen LogP contribution in [0.3, 0.4) is 0 Å². The summed E-state index contributed by atoms with van der Waals surface area (Å²) in [5.41, 5.74) is 1.90. The Labute approximate surface area is 171 Å². The van der Waals surface area contributed by atoms with E-state index >= 15 is 0 Å². The molecule has 29 heavy (non-hydrogen) atoms. The average molecular weight is 422 g/mol. The Balaban J connectivity index is 2.08. The number of aryl methyl sites for hydroxylation is 1. The Bertz CT molecular complexity index is 976. The van der Waals surface area contributed by atoms with Crippen molar-refractivity contribution in [3.63, 3.8) is 0 Å². The number of sulfonamides is 1. The lowest BCUT2D eigenvalue weighted by atomic mass is 10.1. The van der Waals surface area contributed by atoms with E-state index in [1.165, 1.54) is 13.1 Å². The number of nitrogens with zero attached hydrogens (tertiary/aromatic N) is 1. The van der Waals surface area contributed by atoms with Gasteiger partial charge in [-0.05, 0) is 44.8 Å². The molecule has 0 aromatic heterocycles. The third-order valence-electron chi connectivity index (χ3n) is 4.37. The number of para-hydroxylation sites is 1. The number of nitrogens with one attached hydrogen (secondary N) is 2. The third-order valence-corrected chi connectivity index (χ3v) is 5.92. The minimum Gasteiger partial charge on any atom is -0.493 e. The lowest BCUT2D eigenvalue weighted by Crippen LogP contribution is -2.30. The zero-order valence-electron chi connectivity index (χ0n) is 17.3. The van der Waals surface area contributed by atoms with Crippen molar-refractivity contribution in [2.75, 3.05) is 40.2 Å². The molecule has 0 aliphatic heterocycles. The molecule has 2 N–H and O–H groups in total. The summed E-state index contributed by atoms with van der Waals surface area (Å²) in [5, 5.41) is 2.74. The van der Waals surface area contributed by atoms with Gasteiger partial charge in [-0.3, -0.25) is 9.69 Å². The monoisotopic (exact) mass is 421 g/mol. The molecule has 0 atom stereocenters. The maximum atomic E-state index is 12.4. The van der Waals surface area contributed by atoms with Gasteiger partial charge in [-0.15, -0.1) is 0 Å². The Morgan fingerprint density at radius 3 is 2.48 bits per heavy atom. The molecule has 0 unspecified atom stereocenters. The zero-order chi connectivity index (χ0) is 21.6. The molecule has 2 aromatic carbocycles. The molecule has 158 valence electrons. The molecular weight excluding hydrogens is 394 g/mol. The first kappa shape index (κ1) is 22.7. The van der Waals surface area contributed by atoms with Crippen molar-refractivity contribution in [1.29, 1.82) is 0 Å². The van der Waals surface area contributed by atoms with Crippen molar-refractivity contribution in [2.45, 2.75) is 18.4 Å². The minimum absolute atomic E-state index is 0.113. The van der Waals surface area contributed by atoms with Crippen LogP contribution in [0.5, 0.6) is 11.5 Å². The molecule has 0 radical (unpaired) electrons. The summed E-state index contributed by atoms with van der Waals surface area (Å²) < 4.78 is 37.2. The molecule has 0 aliphatic carbocycles. The third kappa shape index (κ3) is 5.69. The lowest BCUT2D eigenvalue weighted by molar-refractivity contribution is -0.117. The number of hydrogen-bond donors (Lipinski definition) is 2. The van der Waals surface area contributed by atoms with Gasteiger partial charge < -0.3 is 14.8 Å². The lowest BCUT2D eigenvalue weighted by Gasteiger charge is -2.19. The minimum atomic E-state index is -3.60. The van der Waals surface area contributed by atoms with Gasteiger partial charge in [0.1, 0.15) is 0 Å². The molecule has 0 spiro atoms. The number of ether oxygens (including phenoxy) is 2. The van der Waals surface area contributed by atoms with Crippen LogP contribution in [0.1, 0.15) is 11.1 Å². The molecule has 0 aliphatic rings. The van der Waals surface area contributed by atoms with Gasteiger partial charge in [0.2, 0.25) is 15.9 Å². The number of rotatable bonds is 9. The van der Waals surface area contributed by atoms with Crippen molar-refractivity contribution in [3.8, 4) is 11.5 Å². The summed E-state index contributed by atoms with van der Waals surface area (Å²) in [7, 11) is 2.70. The van der Waals surface area contributed by atoms with E-state index in [2.05, 4.69) is 10.0 Å². The van der Waals surface area contributed by atoms with Gasteiger partial charge in [-0.25, -0.2) is 13.1 Å². The summed E-state index contributed by atoms with van der Waals surface area (Å²) in [5.74, 6) is 0.995. The molecule has 9 heteroatoms. The van der Waals surface area contributed by atoms with E-state index in [0.717, 1.165) is 5.56 Å². The quantitative estimate of drug-likeness (QED) is 0.643. The van der Waals surface area contributed by atoms with Gasteiger partial charge in [0.05, 0.1) is 25.7 Å². The largest absolute Gasteiger partial charge is 0.493 e. The summed E-state index contributed by atoms with van der Waals surface area (Å²) >= 11 is 0. The molecular formula is C20H27N3O5S. The zero-order valence-corrected chi connectivity index (χ0v) is 18.1. The number of anilines is 1. The van der Waals surface area contributed by atoms with Crippen molar-refractivity contribution in [1.82, 2.24) is 9.62 Å². The van der Waals surface area contributed by atoms with Crippen molar-refractivity contribution < 1.29 is 22.7 Å². The van der Waals surface area contributed by atoms with Crippen LogP contribution in [0, 0.1) is 6.92 Å². The highest BCUT2D eigenvalue weighted by Gasteiger charge is 2.17. The van der Waals surface area contributed by atoms with Crippen molar-refractivity contribution >= 4 is 21.6 Å². The molecule has 0 saturated heterocycles. The smallest absolute Gasteiger partial charge is 0.240 e. The molecule has 0 heterocycles. The number of methoxy groups -OCH3 is 2. The van der Waals surface area contributed by atoms with E-state index in [9.17, 15) is 13.2 Å². The van der Waals surface area contributed by atoms with Gasteiger partial charge in [0.15, 0.2) is 11.5 Å². The maximum absolute atomic E-state index is 12.4. The van der Waals surface area contributed by atoms with E-state index in [4.69, 9.17) is 9.47 Å². The number of amides is 1. The SMILES string of the molecule is CNS(=O)(=O)c1cc(NC(=O)CN(C)Cc2cccc(OC)c2OC)ccc1C. The highest BCUT2D eigenvalue weighted by molar-refractivity contribution is 7.89. The number of carbonyl (C=O) groups is 1. The first-order valence-electron chi connectivity index (χ1n) is 8.94. The number of carbonyl (C=O) groups excluding carboxylic acids is 1. The number of hydrogen-bond acceptors (Lipinski definition) is 6. The molecule has 0 fully saturated rings. The fourth-order valence-electron chi connectivity index (χ4n) is 2.95. The van der Waals surface area contributed by atoms with Crippen LogP contribution in [0.15, 0.2) is 41.3 Å².